The Morgan fingerprint density at radius 2 is 1.54 bits per heavy atom. The number of nitrogens with zero attached hydrogens (tertiary/aromatic N) is 2. The molecule has 1 heterocycles. The van der Waals surface area contributed by atoms with Crippen LogP contribution in [0.3, 0.4) is 0 Å². The maximum absolute atomic E-state index is 13.4. The van der Waals surface area contributed by atoms with E-state index in [1.165, 1.54) is 34.6 Å². The molecule has 4 nitrogen and oxygen atoms in total. The van der Waals surface area contributed by atoms with Crippen LogP contribution < -0.4 is 4.90 Å². The number of hydrogen-bond acceptors (Lipinski definition) is 3. The average molecular weight is 352 g/mol. The Bertz CT molecular complexity index is 830. The van der Waals surface area contributed by atoms with Crippen molar-refractivity contribution in [1.82, 2.24) is 4.31 Å². The molecule has 1 aliphatic heterocycles. The average Bonchev–Trinajstić information content (AvgIpc) is 2.58. The molecule has 0 radical (unpaired) electrons. The lowest BCUT2D eigenvalue weighted by Crippen LogP contribution is -2.48. The SMILES string of the molecule is Cc1cc(S(=O)(=O)N2CCN(c3ccc(F)cc3)CC2)ccc1F. The van der Waals surface area contributed by atoms with Crippen molar-refractivity contribution in [3.63, 3.8) is 0 Å². The molecule has 0 atom stereocenters. The van der Waals surface area contributed by atoms with Crippen LogP contribution in [0, 0.1) is 18.6 Å². The molecule has 7 heteroatoms. The zero-order valence-electron chi connectivity index (χ0n) is 13.2. The fourth-order valence-electron chi connectivity index (χ4n) is 2.77. The highest BCUT2D eigenvalue weighted by atomic mass is 32.2. The van der Waals surface area contributed by atoms with Crippen LogP contribution in [-0.4, -0.2) is 38.9 Å². The van der Waals surface area contributed by atoms with Crippen molar-refractivity contribution in [2.45, 2.75) is 11.8 Å². The van der Waals surface area contributed by atoms with Crippen molar-refractivity contribution in [3.8, 4) is 0 Å². The lowest BCUT2D eigenvalue weighted by molar-refractivity contribution is 0.385. The predicted molar refractivity (Wildman–Crippen MR) is 88.5 cm³/mol. The van der Waals surface area contributed by atoms with Gasteiger partial charge in [-0.25, -0.2) is 17.2 Å². The van der Waals surface area contributed by atoms with E-state index in [1.54, 1.807) is 19.1 Å². The molecule has 1 aliphatic rings. The minimum atomic E-state index is -3.63. The summed E-state index contributed by atoms with van der Waals surface area (Å²) >= 11 is 0. The van der Waals surface area contributed by atoms with E-state index in [2.05, 4.69) is 0 Å². The fraction of sp³-hybridized carbons (Fsp3) is 0.294. The number of aryl methyl sites for hydroxylation is 1. The van der Waals surface area contributed by atoms with Crippen molar-refractivity contribution in [1.29, 1.82) is 0 Å². The zero-order valence-corrected chi connectivity index (χ0v) is 14.1. The van der Waals surface area contributed by atoms with Crippen LogP contribution in [0.15, 0.2) is 47.4 Å². The molecule has 0 spiro atoms. The number of sulfonamides is 1. The molecule has 0 aromatic heterocycles. The Morgan fingerprint density at radius 3 is 2.12 bits per heavy atom. The largest absolute Gasteiger partial charge is 0.369 e. The topological polar surface area (TPSA) is 40.6 Å². The molecule has 0 amide bonds. The molecule has 2 aromatic rings. The van der Waals surface area contributed by atoms with Crippen molar-refractivity contribution in [2.24, 2.45) is 0 Å². The summed E-state index contributed by atoms with van der Waals surface area (Å²) in [6.45, 7) is 3.24. The predicted octanol–water partition coefficient (Wildman–Crippen LogP) is 2.78. The maximum Gasteiger partial charge on any atom is 0.243 e. The fourth-order valence-corrected chi connectivity index (χ4v) is 4.27. The van der Waals surface area contributed by atoms with Crippen molar-refractivity contribution in [3.05, 3.63) is 59.7 Å². The zero-order chi connectivity index (χ0) is 17.3. The summed E-state index contributed by atoms with van der Waals surface area (Å²) in [5.74, 6) is -0.721. The highest BCUT2D eigenvalue weighted by molar-refractivity contribution is 7.89. The second-order valence-electron chi connectivity index (χ2n) is 5.78. The number of piperazine rings is 1. The number of rotatable bonds is 3. The van der Waals surface area contributed by atoms with Gasteiger partial charge in [-0.05, 0) is 55.0 Å². The molecule has 0 unspecified atom stereocenters. The van der Waals surface area contributed by atoms with Crippen LogP contribution in [0.2, 0.25) is 0 Å². The molecule has 24 heavy (non-hydrogen) atoms. The van der Waals surface area contributed by atoms with Gasteiger partial charge in [0, 0.05) is 31.9 Å². The van der Waals surface area contributed by atoms with Crippen LogP contribution in [-0.2, 0) is 10.0 Å². The molecule has 3 rings (SSSR count). The minimum absolute atomic E-state index is 0.108. The van der Waals surface area contributed by atoms with E-state index in [-0.39, 0.29) is 10.7 Å². The Hall–Kier alpha value is -1.99. The summed E-state index contributed by atoms with van der Waals surface area (Å²) in [5, 5.41) is 0. The van der Waals surface area contributed by atoms with Gasteiger partial charge in [-0.3, -0.25) is 0 Å². The maximum atomic E-state index is 13.4. The third-order valence-electron chi connectivity index (χ3n) is 4.20. The third-order valence-corrected chi connectivity index (χ3v) is 6.09. The first-order valence-corrected chi connectivity index (χ1v) is 9.09. The first kappa shape index (κ1) is 16.9. The van der Waals surface area contributed by atoms with Crippen LogP contribution in [0.1, 0.15) is 5.56 Å². The van der Waals surface area contributed by atoms with Gasteiger partial charge in [-0.1, -0.05) is 0 Å². The van der Waals surface area contributed by atoms with Gasteiger partial charge in [-0.2, -0.15) is 4.31 Å². The van der Waals surface area contributed by atoms with E-state index in [0.29, 0.717) is 31.7 Å². The summed E-state index contributed by atoms with van der Waals surface area (Å²) in [4.78, 5) is 2.12. The smallest absolute Gasteiger partial charge is 0.243 e. The van der Waals surface area contributed by atoms with Crippen LogP contribution in [0.5, 0.6) is 0 Å². The monoisotopic (exact) mass is 352 g/mol. The Labute approximate surface area is 140 Å². The summed E-state index contributed by atoms with van der Waals surface area (Å²) in [6.07, 6.45) is 0. The molecule has 0 saturated carbocycles. The number of halogens is 2. The van der Waals surface area contributed by atoms with E-state index >= 15 is 0 Å². The summed E-state index contributed by atoms with van der Waals surface area (Å²) < 4.78 is 53.1. The molecule has 0 bridgehead atoms. The molecule has 0 aliphatic carbocycles. The Morgan fingerprint density at radius 1 is 0.917 bits per heavy atom. The Balaban J connectivity index is 1.73. The van der Waals surface area contributed by atoms with Gasteiger partial charge in [0.1, 0.15) is 11.6 Å². The minimum Gasteiger partial charge on any atom is -0.369 e. The molecular weight excluding hydrogens is 334 g/mol. The van der Waals surface area contributed by atoms with Crippen LogP contribution in [0.4, 0.5) is 14.5 Å². The lowest BCUT2D eigenvalue weighted by Gasteiger charge is -2.35. The molecular formula is C17H18F2N2O2S. The second kappa shape index (κ2) is 6.49. The van der Waals surface area contributed by atoms with E-state index in [9.17, 15) is 17.2 Å². The second-order valence-corrected chi connectivity index (χ2v) is 7.72. The van der Waals surface area contributed by atoms with Gasteiger partial charge < -0.3 is 4.90 Å². The van der Waals surface area contributed by atoms with Gasteiger partial charge in [0.25, 0.3) is 0 Å². The van der Waals surface area contributed by atoms with Gasteiger partial charge >= 0.3 is 0 Å². The summed E-state index contributed by atoms with van der Waals surface area (Å²) in [7, 11) is -3.63. The van der Waals surface area contributed by atoms with Gasteiger partial charge in [-0.15, -0.1) is 0 Å². The van der Waals surface area contributed by atoms with Crippen LogP contribution in [0.25, 0.3) is 0 Å². The molecule has 0 N–H and O–H groups in total. The third kappa shape index (κ3) is 3.27. The lowest BCUT2D eigenvalue weighted by atomic mass is 10.2. The first-order valence-electron chi connectivity index (χ1n) is 7.65. The molecule has 128 valence electrons. The summed E-state index contributed by atoms with van der Waals surface area (Å²) in [6, 6.07) is 9.98. The van der Waals surface area contributed by atoms with Crippen molar-refractivity contribution in [2.75, 3.05) is 31.1 Å². The highest BCUT2D eigenvalue weighted by Gasteiger charge is 2.28. The van der Waals surface area contributed by atoms with Crippen molar-refractivity contribution < 1.29 is 17.2 Å². The van der Waals surface area contributed by atoms with Crippen molar-refractivity contribution >= 4 is 15.7 Å². The number of anilines is 1. The first-order chi connectivity index (χ1) is 11.4. The summed E-state index contributed by atoms with van der Waals surface area (Å²) in [5.41, 5.74) is 1.17. The standard InChI is InChI=1S/C17H18F2N2O2S/c1-13-12-16(6-7-17(13)19)24(22,23)21-10-8-20(9-11-21)15-4-2-14(18)3-5-15/h2-7,12H,8-11H2,1H3. The molecule has 1 saturated heterocycles. The Kier molecular flexibility index (Phi) is 4.56. The van der Waals surface area contributed by atoms with E-state index in [1.807, 2.05) is 4.90 Å². The quantitative estimate of drug-likeness (QED) is 0.853. The normalized spacial score (nSPS) is 16.4. The van der Waals surface area contributed by atoms with Crippen LogP contribution >= 0.6 is 0 Å². The van der Waals surface area contributed by atoms with Gasteiger partial charge in [0.2, 0.25) is 10.0 Å². The highest BCUT2D eigenvalue weighted by Crippen LogP contribution is 2.22. The number of benzene rings is 2. The molecule has 1 fully saturated rings. The molecule has 2 aromatic carbocycles. The van der Waals surface area contributed by atoms with E-state index in [0.717, 1.165) is 5.69 Å². The van der Waals surface area contributed by atoms with E-state index in [4.69, 9.17) is 0 Å². The van der Waals surface area contributed by atoms with Gasteiger partial charge in [0.15, 0.2) is 0 Å². The van der Waals surface area contributed by atoms with E-state index < -0.39 is 15.8 Å². The number of hydrogen-bond donors (Lipinski definition) is 0. The van der Waals surface area contributed by atoms with Gasteiger partial charge in [0.05, 0.1) is 4.90 Å².